The third-order valence-corrected chi connectivity index (χ3v) is 7.62. The number of benzene rings is 1. The molecule has 1 aromatic carbocycles. The van der Waals surface area contributed by atoms with Crippen molar-refractivity contribution in [2.45, 2.75) is 38.6 Å². The first kappa shape index (κ1) is 27.9. The van der Waals surface area contributed by atoms with Gasteiger partial charge in [-0.05, 0) is 53.8 Å². The summed E-state index contributed by atoms with van der Waals surface area (Å²) in [4.78, 5) is 36.0. The van der Waals surface area contributed by atoms with Crippen LogP contribution in [0.2, 0.25) is 0 Å². The fourth-order valence-electron chi connectivity index (χ4n) is 4.23. The highest BCUT2D eigenvalue weighted by Crippen LogP contribution is 2.26. The second-order valence-electron chi connectivity index (χ2n) is 9.42. The van der Waals surface area contributed by atoms with Crippen molar-refractivity contribution in [2.24, 2.45) is 0 Å². The molecule has 2 N–H and O–H groups in total. The molecular formula is C26H28F2N6O4S. The van der Waals surface area contributed by atoms with Crippen LogP contribution in [-0.4, -0.2) is 50.0 Å². The highest BCUT2D eigenvalue weighted by molar-refractivity contribution is 7.91. The average molecular weight is 559 g/mol. The minimum Gasteiger partial charge on any atom is -0.325 e. The molecule has 0 bridgehead atoms. The third kappa shape index (κ3) is 6.48. The van der Waals surface area contributed by atoms with Gasteiger partial charge >= 0.3 is 16.2 Å². The van der Waals surface area contributed by atoms with Crippen molar-refractivity contribution in [1.82, 2.24) is 20.0 Å². The first-order valence-electron chi connectivity index (χ1n) is 12.2. The second kappa shape index (κ2) is 11.3. The number of urea groups is 1. The monoisotopic (exact) mass is 558 g/mol. The highest BCUT2D eigenvalue weighted by atomic mass is 32.2. The van der Waals surface area contributed by atoms with Gasteiger partial charge in [0.05, 0.1) is 11.9 Å². The molecule has 3 heterocycles. The molecule has 4 rings (SSSR count). The lowest BCUT2D eigenvalue weighted by Gasteiger charge is -2.26. The van der Waals surface area contributed by atoms with Gasteiger partial charge in [-0.2, -0.15) is 8.42 Å². The van der Waals surface area contributed by atoms with Gasteiger partial charge in [0.2, 0.25) is 5.91 Å². The lowest BCUT2D eigenvalue weighted by Crippen LogP contribution is -2.54. The number of nitrogens with zero attached hydrogens (tertiary/aromatic N) is 4. The molecule has 0 aliphatic carbocycles. The Bertz CT molecular complexity index is 1460. The summed E-state index contributed by atoms with van der Waals surface area (Å²) in [5.74, 6) is -1.99. The van der Waals surface area contributed by atoms with E-state index in [0.717, 1.165) is 22.1 Å². The number of aromatic nitrogens is 2. The molecule has 0 unspecified atom stereocenters. The number of pyridine rings is 2. The molecule has 1 atom stereocenters. The average Bonchev–Trinajstić information content (AvgIpc) is 3.32. The molecule has 1 aliphatic heterocycles. The molecule has 10 nitrogen and oxygen atoms in total. The number of amides is 3. The van der Waals surface area contributed by atoms with Crippen molar-refractivity contribution < 1.29 is 26.8 Å². The molecule has 3 amide bonds. The van der Waals surface area contributed by atoms with Crippen molar-refractivity contribution in [3.63, 3.8) is 0 Å². The van der Waals surface area contributed by atoms with Gasteiger partial charge in [0, 0.05) is 38.0 Å². The predicted molar refractivity (Wildman–Crippen MR) is 141 cm³/mol. The van der Waals surface area contributed by atoms with Gasteiger partial charge in [-0.3, -0.25) is 9.78 Å². The number of carbonyl (C=O) groups is 2. The largest absolute Gasteiger partial charge is 0.330 e. The molecule has 2 aromatic heterocycles. The van der Waals surface area contributed by atoms with Crippen molar-refractivity contribution in [2.75, 3.05) is 22.8 Å². The number of hydrogen-bond donors (Lipinski definition) is 2. The van der Waals surface area contributed by atoms with Gasteiger partial charge in [0.25, 0.3) is 0 Å². The lowest BCUT2D eigenvalue weighted by molar-refractivity contribution is -0.120. The quantitative estimate of drug-likeness (QED) is 0.438. The topological polar surface area (TPSA) is 125 Å². The number of likely N-dealkylation sites (N-methyl/N-ethyl adjacent to an activating group) is 1. The Balaban J connectivity index is 1.55. The van der Waals surface area contributed by atoms with Crippen LogP contribution in [0.25, 0.3) is 0 Å². The van der Waals surface area contributed by atoms with Crippen LogP contribution in [0.1, 0.15) is 36.6 Å². The zero-order chi connectivity index (χ0) is 28.3. The minimum atomic E-state index is -4.36. The molecule has 0 saturated carbocycles. The number of nitrogens with one attached hydrogen (secondary N) is 2. The first-order valence-corrected chi connectivity index (χ1v) is 13.6. The number of anilines is 2. The Hall–Kier alpha value is -4.13. The van der Waals surface area contributed by atoms with Crippen LogP contribution in [0, 0.1) is 11.6 Å². The molecular weight excluding hydrogens is 530 g/mol. The van der Waals surface area contributed by atoms with Gasteiger partial charge in [0.15, 0.2) is 0 Å². The van der Waals surface area contributed by atoms with Crippen LogP contribution >= 0.6 is 0 Å². The summed E-state index contributed by atoms with van der Waals surface area (Å²) in [5.41, 5.74) is 2.03. The number of carbonyl (C=O) groups excluding carboxylic acids is 2. The lowest BCUT2D eigenvalue weighted by atomic mass is 10.0. The molecule has 0 radical (unpaired) electrons. The van der Waals surface area contributed by atoms with E-state index in [-0.39, 0.29) is 30.3 Å². The van der Waals surface area contributed by atoms with E-state index in [1.165, 1.54) is 24.3 Å². The maximum absolute atomic E-state index is 13.9. The normalized spacial score (nSPS) is 13.6. The molecule has 0 spiro atoms. The van der Waals surface area contributed by atoms with E-state index in [4.69, 9.17) is 0 Å². The van der Waals surface area contributed by atoms with E-state index >= 15 is 0 Å². The zero-order valence-corrected chi connectivity index (χ0v) is 22.4. The molecule has 39 heavy (non-hydrogen) atoms. The van der Waals surface area contributed by atoms with Crippen molar-refractivity contribution in [3.05, 3.63) is 83.3 Å². The smallest absolute Gasteiger partial charge is 0.325 e. The van der Waals surface area contributed by atoms with E-state index < -0.39 is 39.8 Å². The zero-order valence-electron chi connectivity index (χ0n) is 21.6. The standard InChI is InChI=1S/C26H28F2N6O4S/c1-16(2)22-7-6-21(15-30-22)33(3)25(35)23(13-17-11-19(27)14-20(28)12-17)31-26(36)32-39(37,38)34-10-8-18-5-4-9-29-24(18)34/h4-7,9,11-12,14-16,23H,8,10,13H2,1-3H3,(H2,31,32,36)/t23-/m0/s1. The van der Waals surface area contributed by atoms with Crippen molar-refractivity contribution in [1.29, 1.82) is 0 Å². The molecule has 0 saturated heterocycles. The van der Waals surface area contributed by atoms with Crippen molar-refractivity contribution >= 4 is 33.7 Å². The maximum Gasteiger partial charge on any atom is 0.330 e. The van der Waals surface area contributed by atoms with Gasteiger partial charge < -0.3 is 10.2 Å². The molecule has 13 heteroatoms. The maximum atomic E-state index is 13.9. The summed E-state index contributed by atoms with van der Waals surface area (Å²) in [5, 5.41) is 2.36. The Morgan fingerprint density at radius 3 is 2.46 bits per heavy atom. The van der Waals surface area contributed by atoms with Gasteiger partial charge in [-0.25, -0.2) is 27.6 Å². The second-order valence-corrected chi connectivity index (χ2v) is 11.0. The summed E-state index contributed by atoms with van der Waals surface area (Å²) in [6.45, 7) is 4.03. The van der Waals surface area contributed by atoms with Crippen LogP contribution in [-0.2, 0) is 27.8 Å². The molecule has 3 aromatic rings. The van der Waals surface area contributed by atoms with Crippen LogP contribution in [0.3, 0.4) is 0 Å². The Morgan fingerprint density at radius 1 is 1.10 bits per heavy atom. The Labute approximate surface area is 225 Å². The minimum absolute atomic E-state index is 0.0853. The summed E-state index contributed by atoms with van der Waals surface area (Å²) in [7, 11) is -2.91. The number of halogens is 2. The summed E-state index contributed by atoms with van der Waals surface area (Å²) in [6, 6.07) is 7.06. The summed E-state index contributed by atoms with van der Waals surface area (Å²) < 4.78 is 56.5. The van der Waals surface area contributed by atoms with E-state index in [1.54, 1.807) is 24.3 Å². The number of rotatable bonds is 8. The Morgan fingerprint density at radius 2 is 1.82 bits per heavy atom. The van der Waals surface area contributed by atoms with Gasteiger partial charge in [-0.15, -0.1) is 0 Å². The SMILES string of the molecule is CC(C)c1ccc(N(C)C(=O)[C@H](Cc2cc(F)cc(F)c2)NC(=O)NS(=O)(=O)N2CCc3cccnc32)cn1. The fraction of sp³-hybridized carbons (Fsp3) is 0.308. The van der Waals surface area contributed by atoms with E-state index in [2.05, 4.69) is 15.3 Å². The summed E-state index contributed by atoms with van der Waals surface area (Å²) in [6.07, 6.45) is 3.05. The fourth-order valence-corrected chi connectivity index (χ4v) is 5.36. The third-order valence-electron chi connectivity index (χ3n) is 6.25. The van der Waals surface area contributed by atoms with E-state index in [0.29, 0.717) is 23.7 Å². The van der Waals surface area contributed by atoms with E-state index in [9.17, 15) is 26.8 Å². The molecule has 0 fully saturated rings. The number of hydrogen-bond acceptors (Lipinski definition) is 6. The predicted octanol–water partition coefficient (Wildman–Crippen LogP) is 3.06. The Kier molecular flexibility index (Phi) is 8.09. The molecule has 206 valence electrons. The van der Waals surface area contributed by atoms with Gasteiger partial charge in [-0.1, -0.05) is 19.9 Å². The van der Waals surface area contributed by atoms with Crippen LogP contribution in [0.4, 0.5) is 25.1 Å². The van der Waals surface area contributed by atoms with E-state index in [1.807, 2.05) is 18.6 Å². The van der Waals surface area contributed by atoms with Crippen LogP contribution in [0.5, 0.6) is 0 Å². The summed E-state index contributed by atoms with van der Waals surface area (Å²) >= 11 is 0. The molecule has 1 aliphatic rings. The van der Waals surface area contributed by atoms with Gasteiger partial charge in [0.1, 0.15) is 23.5 Å². The van der Waals surface area contributed by atoms with Crippen LogP contribution in [0.15, 0.2) is 54.9 Å². The highest BCUT2D eigenvalue weighted by Gasteiger charge is 2.33. The van der Waals surface area contributed by atoms with Crippen molar-refractivity contribution in [3.8, 4) is 0 Å². The van der Waals surface area contributed by atoms with Crippen LogP contribution < -0.4 is 19.2 Å². The first-order chi connectivity index (χ1) is 18.4. The number of fused-ring (bicyclic) bond motifs is 1.